The van der Waals surface area contributed by atoms with Gasteiger partial charge in [-0.05, 0) is 24.6 Å². The number of hydrogen-bond donors (Lipinski definition) is 1. The smallest absolute Gasteiger partial charge is 0.242 e. The van der Waals surface area contributed by atoms with E-state index in [2.05, 4.69) is 11.8 Å². The van der Waals surface area contributed by atoms with Crippen LogP contribution in [0.5, 0.6) is 0 Å². The second kappa shape index (κ2) is 6.21. The zero-order valence-electron chi connectivity index (χ0n) is 12.7. The van der Waals surface area contributed by atoms with Crippen molar-refractivity contribution in [2.75, 3.05) is 44.5 Å². The predicted octanol–water partition coefficient (Wildman–Crippen LogP) is 1.13. The van der Waals surface area contributed by atoms with E-state index in [9.17, 15) is 8.42 Å². The Hall–Kier alpha value is -1.31. The van der Waals surface area contributed by atoms with Crippen LogP contribution in [0.1, 0.15) is 13.3 Å². The van der Waals surface area contributed by atoms with Crippen molar-refractivity contribution in [1.82, 2.24) is 4.31 Å². The van der Waals surface area contributed by atoms with Crippen LogP contribution in [-0.4, -0.2) is 52.6 Å². The topological polar surface area (TPSA) is 75.9 Å². The maximum atomic E-state index is 12.1. The van der Waals surface area contributed by atoms with Gasteiger partial charge in [-0.25, -0.2) is 12.7 Å². The fraction of sp³-hybridized carbons (Fsp3) is 0.571. The van der Waals surface area contributed by atoms with Gasteiger partial charge in [0, 0.05) is 20.6 Å². The van der Waals surface area contributed by atoms with Crippen molar-refractivity contribution in [2.24, 2.45) is 0 Å². The first kappa shape index (κ1) is 16.1. The lowest BCUT2D eigenvalue weighted by Crippen LogP contribution is -2.45. The van der Waals surface area contributed by atoms with Crippen molar-refractivity contribution < 1.29 is 13.2 Å². The highest BCUT2D eigenvalue weighted by Gasteiger charge is 2.25. The molecule has 1 unspecified atom stereocenters. The van der Waals surface area contributed by atoms with Gasteiger partial charge in [-0.1, -0.05) is 6.92 Å². The third kappa shape index (κ3) is 3.14. The molecule has 1 heterocycles. The van der Waals surface area contributed by atoms with Crippen LogP contribution in [0.3, 0.4) is 0 Å². The number of nitrogens with two attached hydrogens (primary N) is 1. The molecule has 1 aromatic carbocycles. The first-order valence-corrected chi connectivity index (χ1v) is 8.48. The molecule has 1 fully saturated rings. The Labute approximate surface area is 126 Å². The van der Waals surface area contributed by atoms with E-state index in [-0.39, 0.29) is 10.9 Å². The molecule has 0 aromatic heterocycles. The predicted molar refractivity (Wildman–Crippen MR) is 84.0 cm³/mol. The highest BCUT2D eigenvalue weighted by molar-refractivity contribution is 7.89. The van der Waals surface area contributed by atoms with E-state index in [4.69, 9.17) is 10.5 Å². The van der Waals surface area contributed by atoms with Crippen LogP contribution in [0.25, 0.3) is 0 Å². The Balaban J connectivity index is 2.35. The van der Waals surface area contributed by atoms with Gasteiger partial charge >= 0.3 is 0 Å². The number of anilines is 2. The third-order valence-electron chi connectivity index (χ3n) is 3.79. The van der Waals surface area contributed by atoms with Gasteiger partial charge in [0.25, 0.3) is 0 Å². The first-order valence-electron chi connectivity index (χ1n) is 7.04. The lowest BCUT2D eigenvalue weighted by Gasteiger charge is -2.37. The summed E-state index contributed by atoms with van der Waals surface area (Å²) < 4.78 is 30.9. The number of rotatable bonds is 4. The standard InChI is InChI=1S/C14H23N3O3S/c1-4-11-10-20-8-7-17(11)14-6-5-12(9-13(14)15)21(18,19)16(2)3/h5-6,9,11H,4,7-8,10,15H2,1-3H3. The van der Waals surface area contributed by atoms with Crippen LogP contribution in [-0.2, 0) is 14.8 Å². The molecular weight excluding hydrogens is 290 g/mol. The Morgan fingerprint density at radius 1 is 1.43 bits per heavy atom. The van der Waals surface area contributed by atoms with Gasteiger partial charge in [0.2, 0.25) is 10.0 Å². The van der Waals surface area contributed by atoms with Gasteiger partial charge in [-0.15, -0.1) is 0 Å². The van der Waals surface area contributed by atoms with E-state index < -0.39 is 10.0 Å². The summed E-state index contributed by atoms with van der Waals surface area (Å²) in [7, 11) is -0.439. The molecule has 118 valence electrons. The maximum absolute atomic E-state index is 12.1. The average molecular weight is 313 g/mol. The zero-order chi connectivity index (χ0) is 15.6. The summed E-state index contributed by atoms with van der Waals surface area (Å²) in [6, 6.07) is 5.22. The van der Waals surface area contributed by atoms with Crippen molar-refractivity contribution in [3.8, 4) is 0 Å². The fourth-order valence-corrected chi connectivity index (χ4v) is 3.41. The minimum absolute atomic E-state index is 0.218. The molecule has 0 amide bonds. The minimum Gasteiger partial charge on any atom is -0.397 e. The van der Waals surface area contributed by atoms with Crippen LogP contribution in [0.15, 0.2) is 23.1 Å². The molecule has 1 aromatic rings. The Morgan fingerprint density at radius 2 is 2.14 bits per heavy atom. The number of sulfonamides is 1. The second-order valence-electron chi connectivity index (χ2n) is 5.34. The van der Waals surface area contributed by atoms with Crippen molar-refractivity contribution in [3.05, 3.63) is 18.2 Å². The number of nitrogens with zero attached hydrogens (tertiary/aromatic N) is 2. The first-order chi connectivity index (χ1) is 9.87. The molecule has 1 aliphatic rings. The lowest BCUT2D eigenvalue weighted by atomic mass is 10.1. The summed E-state index contributed by atoms with van der Waals surface area (Å²) in [6.45, 7) is 4.21. The zero-order valence-corrected chi connectivity index (χ0v) is 13.6. The number of morpholine rings is 1. The molecule has 21 heavy (non-hydrogen) atoms. The van der Waals surface area contributed by atoms with Crippen LogP contribution in [0, 0.1) is 0 Å². The van der Waals surface area contributed by atoms with Gasteiger partial charge in [0.1, 0.15) is 0 Å². The molecule has 2 N–H and O–H groups in total. The monoisotopic (exact) mass is 313 g/mol. The normalized spacial score (nSPS) is 20.0. The molecule has 7 heteroatoms. The summed E-state index contributed by atoms with van der Waals surface area (Å²) in [6.07, 6.45) is 0.956. The van der Waals surface area contributed by atoms with E-state index in [0.717, 1.165) is 18.7 Å². The Kier molecular flexibility index (Phi) is 4.75. The number of benzene rings is 1. The van der Waals surface area contributed by atoms with Gasteiger partial charge < -0.3 is 15.4 Å². The van der Waals surface area contributed by atoms with Crippen LogP contribution in [0.2, 0.25) is 0 Å². The third-order valence-corrected chi connectivity index (χ3v) is 5.60. The average Bonchev–Trinajstić information content (AvgIpc) is 2.47. The quantitative estimate of drug-likeness (QED) is 0.844. The molecular formula is C14H23N3O3S. The van der Waals surface area contributed by atoms with E-state index in [1.165, 1.54) is 24.5 Å². The van der Waals surface area contributed by atoms with E-state index in [1.807, 2.05) is 0 Å². The molecule has 0 saturated carbocycles. The molecule has 1 atom stereocenters. The summed E-state index contributed by atoms with van der Waals surface area (Å²) in [4.78, 5) is 2.42. The maximum Gasteiger partial charge on any atom is 0.242 e. The van der Waals surface area contributed by atoms with Crippen LogP contribution < -0.4 is 10.6 Å². The number of ether oxygens (including phenoxy) is 1. The summed E-state index contributed by atoms with van der Waals surface area (Å²) in [5.41, 5.74) is 7.46. The van der Waals surface area contributed by atoms with Crippen molar-refractivity contribution >= 4 is 21.4 Å². The SMILES string of the molecule is CCC1COCCN1c1ccc(S(=O)(=O)N(C)C)cc1N. The minimum atomic E-state index is -3.46. The van der Waals surface area contributed by atoms with Crippen molar-refractivity contribution in [1.29, 1.82) is 0 Å². The second-order valence-corrected chi connectivity index (χ2v) is 7.49. The van der Waals surface area contributed by atoms with Crippen LogP contribution >= 0.6 is 0 Å². The highest BCUT2D eigenvalue weighted by atomic mass is 32.2. The van der Waals surface area contributed by atoms with Crippen LogP contribution in [0.4, 0.5) is 11.4 Å². The lowest BCUT2D eigenvalue weighted by molar-refractivity contribution is 0.0930. The van der Waals surface area contributed by atoms with E-state index >= 15 is 0 Å². The molecule has 1 aliphatic heterocycles. The molecule has 6 nitrogen and oxygen atoms in total. The molecule has 0 radical (unpaired) electrons. The van der Waals surface area contributed by atoms with Crippen molar-refractivity contribution in [3.63, 3.8) is 0 Å². The summed E-state index contributed by atoms with van der Waals surface area (Å²) >= 11 is 0. The Morgan fingerprint density at radius 3 is 2.71 bits per heavy atom. The molecule has 2 rings (SSSR count). The molecule has 0 aliphatic carbocycles. The summed E-state index contributed by atoms with van der Waals surface area (Å²) in [5, 5.41) is 0. The van der Waals surface area contributed by atoms with Gasteiger partial charge in [0.05, 0.1) is 35.5 Å². The van der Waals surface area contributed by atoms with Gasteiger partial charge in [0.15, 0.2) is 0 Å². The van der Waals surface area contributed by atoms with Crippen molar-refractivity contribution in [2.45, 2.75) is 24.3 Å². The fourth-order valence-electron chi connectivity index (χ4n) is 2.48. The van der Waals surface area contributed by atoms with Gasteiger partial charge in [-0.3, -0.25) is 0 Å². The largest absolute Gasteiger partial charge is 0.397 e. The van der Waals surface area contributed by atoms with Gasteiger partial charge in [-0.2, -0.15) is 0 Å². The number of nitrogen functional groups attached to an aromatic ring is 1. The highest BCUT2D eigenvalue weighted by Crippen LogP contribution is 2.30. The van der Waals surface area contributed by atoms with E-state index in [0.29, 0.717) is 18.9 Å². The van der Waals surface area contributed by atoms with E-state index in [1.54, 1.807) is 12.1 Å². The molecule has 0 spiro atoms. The molecule has 0 bridgehead atoms. The summed E-state index contributed by atoms with van der Waals surface area (Å²) in [5.74, 6) is 0. The molecule has 1 saturated heterocycles. The number of hydrogen-bond acceptors (Lipinski definition) is 5. The Bertz CT molecular complexity index is 601.